The fraction of sp³-hybridized carbons (Fsp3) is 0.250. The lowest BCUT2D eigenvalue weighted by Crippen LogP contribution is -2.24. The number of nitrogens with zero attached hydrogens (tertiary/aromatic N) is 1. The van der Waals surface area contributed by atoms with Gasteiger partial charge in [-0.3, -0.25) is 10.1 Å². The molecule has 1 aliphatic rings. The Kier molecular flexibility index (Phi) is 4.96. The third-order valence-electron chi connectivity index (χ3n) is 3.72. The first-order valence-electron chi connectivity index (χ1n) is 7.61. The summed E-state index contributed by atoms with van der Waals surface area (Å²) in [5, 5.41) is 10.9. The van der Waals surface area contributed by atoms with Crippen molar-refractivity contribution in [3.8, 4) is 17.2 Å². The van der Waals surface area contributed by atoms with E-state index in [1.54, 1.807) is 18.2 Å². The molecule has 0 aliphatic carbocycles. The molecule has 10 heteroatoms. The number of hydrogen-bond donors (Lipinski definition) is 1. The van der Waals surface area contributed by atoms with Crippen LogP contribution in [0.15, 0.2) is 41.3 Å². The number of benzene rings is 2. The predicted molar refractivity (Wildman–Crippen MR) is 91.1 cm³/mol. The molecule has 3 rings (SSSR count). The third kappa shape index (κ3) is 3.70. The van der Waals surface area contributed by atoms with Crippen molar-refractivity contribution in [3.63, 3.8) is 0 Å². The van der Waals surface area contributed by atoms with Crippen molar-refractivity contribution in [2.75, 3.05) is 20.3 Å². The van der Waals surface area contributed by atoms with Crippen LogP contribution in [0.5, 0.6) is 17.2 Å². The Bertz CT molecular complexity index is 944. The SMILES string of the molecule is COc1ccc([N+](=O)[O-])cc1S(=O)(=O)NCc1ccc2c(c1)OCCO2. The van der Waals surface area contributed by atoms with E-state index < -0.39 is 14.9 Å². The molecule has 0 amide bonds. The van der Waals surface area contributed by atoms with Crippen molar-refractivity contribution >= 4 is 15.7 Å². The number of nitro groups is 1. The van der Waals surface area contributed by atoms with Gasteiger partial charge >= 0.3 is 0 Å². The molecule has 1 aliphatic heterocycles. The van der Waals surface area contributed by atoms with Gasteiger partial charge in [0.1, 0.15) is 23.9 Å². The molecule has 26 heavy (non-hydrogen) atoms. The molecule has 0 bridgehead atoms. The lowest BCUT2D eigenvalue weighted by molar-refractivity contribution is -0.385. The van der Waals surface area contributed by atoms with Crippen LogP contribution in [0.25, 0.3) is 0 Å². The summed E-state index contributed by atoms with van der Waals surface area (Å²) in [7, 11) is -2.74. The monoisotopic (exact) mass is 380 g/mol. The average Bonchev–Trinajstić information content (AvgIpc) is 2.65. The number of sulfonamides is 1. The maximum Gasteiger partial charge on any atom is 0.271 e. The van der Waals surface area contributed by atoms with Crippen LogP contribution in [0.4, 0.5) is 5.69 Å². The zero-order chi connectivity index (χ0) is 18.7. The fourth-order valence-electron chi connectivity index (χ4n) is 2.44. The molecule has 1 N–H and O–H groups in total. The van der Waals surface area contributed by atoms with E-state index in [9.17, 15) is 18.5 Å². The summed E-state index contributed by atoms with van der Waals surface area (Å²) >= 11 is 0. The van der Waals surface area contributed by atoms with Crippen molar-refractivity contribution in [2.24, 2.45) is 0 Å². The number of non-ortho nitro benzene ring substituents is 1. The average molecular weight is 380 g/mol. The van der Waals surface area contributed by atoms with Gasteiger partial charge in [0.15, 0.2) is 11.5 Å². The number of methoxy groups -OCH3 is 1. The lowest BCUT2D eigenvalue weighted by atomic mass is 10.2. The number of nitrogens with one attached hydrogen (secondary N) is 1. The van der Waals surface area contributed by atoms with E-state index in [1.807, 2.05) is 0 Å². The Morgan fingerprint density at radius 1 is 1.15 bits per heavy atom. The van der Waals surface area contributed by atoms with E-state index in [2.05, 4.69) is 4.72 Å². The van der Waals surface area contributed by atoms with E-state index in [0.29, 0.717) is 30.3 Å². The van der Waals surface area contributed by atoms with Crippen molar-refractivity contribution in [3.05, 3.63) is 52.1 Å². The Hall–Kier alpha value is -2.85. The molecule has 0 atom stereocenters. The molecule has 0 saturated heterocycles. The first-order chi connectivity index (χ1) is 12.4. The summed E-state index contributed by atoms with van der Waals surface area (Å²) in [5.41, 5.74) is 0.313. The van der Waals surface area contributed by atoms with E-state index in [1.165, 1.54) is 19.2 Å². The first-order valence-corrected chi connectivity index (χ1v) is 9.09. The minimum absolute atomic E-state index is 0.0188. The van der Waals surface area contributed by atoms with Gasteiger partial charge in [0, 0.05) is 18.7 Å². The Labute approximate surface area is 149 Å². The molecule has 9 nitrogen and oxygen atoms in total. The van der Waals surface area contributed by atoms with Crippen LogP contribution < -0.4 is 18.9 Å². The van der Waals surface area contributed by atoms with Crippen molar-refractivity contribution in [2.45, 2.75) is 11.4 Å². The highest BCUT2D eigenvalue weighted by molar-refractivity contribution is 7.89. The first kappa shape index (κ1) is 18.0. The van der Waals surface area contributed by atoms with Crippen LogP contribution in [0.2, 0.25) is 0 Å². The van der Waals surface area contributed by atoms with E-state index in [0.717, 1.165) is 6.07 Å². The van der Waals surface area contributed by atoms with Gasteiger partial charge in [-0.1, -0.05) is 6.07 Å². The smallest absolute Gasteiger partial charge is 0.271 e. The lowest BCUT2D eigenvalue weighted by Gasteiger charge is -2.19. The summed E-state index contributed by atoms with van der Waals surface area (Å²) in [4.78, 5) is 9.95. The quantitative estimate of drug-likeness (QED) is 0.600. The molecule has 0 aromatic heterocycles. The largest absolute Gasteiger partial charge is 0.495 e. The molecule has 138 valence electrons. The van der Waals surface area contributed by atoms with Gasteiger partial charge < -0.3 is 14.2 Å². The highest BCUT2D eigenvalue weighted by Gasteiger charge is 2.23. The van der Waals surface area contributed by atoms with E-state index in [-0.39, 0.29) is 22.9 Å². The number of rotatable bonds is 6. The highest BCUT2D eigenvalue weighted by atomic mass is 32.2. The summed E-state index contributed by atoms with van der Waals surface area (Å²) in [6, 6.07) is 8.48. The molecule has 0 saturated carbocycles. The highest BCUT2D eigenvalue weighted by Crippen LogP contribution is 2.31. The minimum Gasteiger partial charge on any atom is -0.495 e. The van der Waals surface area contributed by atoms with Crippen LogP contribution in [-0.2, 0) is 16.6 Å². The fourth-order valence-corrected chi connectivity index (χ4v) is 3.65. The maximum atomic E-state index is 12.6. The Morgan fingerprint density at radius 3 is 2.58 bits per heavy atom. The van der Waals surface area contributed by atoms with Gasteiger partial charge in [0.2, 0.25) is 10.0 Å². The standard InChI is InChI=1S/C16H16N2O7S/c1-23-14-5-3-12(18(19)20)9-16(14)26(21,22)17-10-11-2-4-13-15(8-11)25-7-6-24-13/h2-5,8-9,17H,6-7,10H2,1H3. The summed E-state index contributed by atoms with van der Waals surface area (Å²) in [6.45, 7) is 0.865. The topological polar surface area (TPSA) is 117 Å². The third-order valence-corrected chi connectivity index (χ3v) is 5.14. The second-order valence-corrected chi connectivity index (χ2v) is 7.13. The summed E-state index contributed by atoms with van der Waals surface area (Å²) in [5.74, 6) is 1.16. The molecular formula is C16H16N2O7S. The number of ether oxygens (including phenoxy) is 3. The van der Waals surface area contributed by atoms with Gasteiger partial charge in [-0.05, 0) is 23.8 Å². The number of nitro benzene ring substituents is 1. The summed E-state index contributed by atoms with van der Waals surface area (Å²) in [6.07, 6.45) is 0. The Balaban J connectivity index is 1.83. The van der Waals surface area contributed by atoms with Crippen LogP contribution in [0, 0.1) is 10.1 Å². The van der Waals surface area contributed by atoms with Gasteiger partial charge in [-0.15, -0.1) is 0 Å². The van der Waals surface area contributed by atoms with Crippen LogP contribution >= 0.6 is 0 Å². The van der Waals surface area contributed by atoms with Crippen LogP contribution in [-0.4, -0.2) is 33.7 Å². The molecule has 0 radical (unpaired) electrons. The zero-order valence-corrected chi connectivity index (χ0v) is 14.6. The molecule has 2 aromatic carbocycles. The van der Waals surface area contributed by atoms with Crippen LogP contribution in [0.1, 0.15) is 5.56 Å². The predicted octanol–water partition coefficient (Wildman–Crippen LogP) is 1.85. The van der Waals surface area contributed by atoms with E-state index >= 15 is 0 Å². The molecule has 1 heterocycles. The van der Waals surface area contributed by atoms with Gasteiger partial charge in [0.05, 0.1) is 12.0 Å². The number of fused-ring (bicyclic) bond motifs is 1. The normalized spacial score (nSPS) is 13.3. The second kappa shape index (κ2) is 7.18. The van der Waals surface area contributed by atoms with Gasteiger partial charge in [-0.2, -0.15) is 0 Å². The van der Waals surface area contributed by atoms with Crippen molar-refractivity contribution < 1.29 is 27.6 Å². The summed E-state index contributed by atoms with van der Waals surface area (Å²) < 4.78 is 43.5. The second-order valence-electron chi connectivity index (χ2n) is 5.39. The zero-order valence-electron chi connectivity index (χ0n) is 13.8. The van der Waals surface area contributed by atoms with Crippen molar-refractivity contribution in [1.29, 1.82) is 0 Å². The molecule has 0 unspecified atom stereocenters. The molecule has 0 fully saturated rings. The van der Waals surface area contributed by atoms with Gasteiger partial charge in [0.25, 0.3) is 5.69 Å². The Morgan fingerprint density at radius 2 is 1.88 bits per heavy atom. The maximum absolute atomic E-state index is 12.6. The van der Waals surface area contributed by atoms with E-state index in [4.69, 9.17) is 14.2 Å². The molecular weight excluding hydrogens is 364 g/mol. The van der Waals surface area contributed by atoms with Crippen molar-refractivity contribution in [1.82, 2.24) is 4.72 Å². The van der Waals surface area contributed by atoms with Gasteiger partial charge in [-0.25, -0.2) is 13.1 Å². The van der Waals surface area contributed by atoms with Crippen LogP contribution in [0.3, 0.4) is 0 Å². The molecule has 2 aromatic rings. The number of hydrogen-bond acceptors (Lipinski definition) is 7. The minimum atomic E-state index is -4.03. The molecule has 0 spiro atoms.